The molecule has 0 radical (unpaired) electrons. The minimum atomic E-state index is -0.727. The number of anilines is 1. The molecule has 0 aromatic heterocycles. The van der Waals surface area contributed by atoms with Crippen molar-refractivity contribution in [2.45, 2.75) is 6.54 Å². The molecule has 0 saturated carbocycles. The van der Waals surface area contributed by atoms with Gasteiger partial charge in [-0.15, -0.1) is 0 Å². The van der Waals surface area contributed by atoms with Gasteiger partial charge in [0.1, 0.15) is 23.1 Å². The molecule has 0 amide bonds. The Labute approximate surface area is 121 Å². The zero-order valence-corrected chi connectivity index (χ0v) is 11.8. The Morgan fingerprint density at radius 1 is 1.00 bits per heavy atom. The molecule has 0 saturated heterocycles. The normalized spacial score (nSPS) is 10.6. The fraction of sp³-hybridized carbons (Fsp3) is 0.0769. The van der Waals surface area contributed by atoms with Gasteiger partial charge in [-0.25, -0.2) is 13.2 Å². The van der Waals surface area contributed by atoms with Crippen LogP contribution in [0.3, 0.4) is 0 Å². The van der Waals surface area contributed by atoms with Crippen LogP contribution in [-0.4, -0.2) is 0 Å². The Bertz CT molecular complexity index is 576. The van der Waals surface area contributed by atoms with Gasteiger partial charge in [-0.2, -0.15) is 0 Å². The van der Waals surface area contributed by atoms with Crippen LogP contribution in [0.5, 0.6) is 0 Å². The summed E-state index contributed by atoms with van der Waals surface area (Å²) < 4.78 is 40.5. The predicted octanol–water partition coefficient (Wildman–Crippen LogP) is 5.13. The van der Waals surface area contributed by atoms with Crippen LogP contribution in [0.2, 0.25) is 5.02 Å². The first-order valence-electron chi connectivity index (χ1n) is 5.29. The number of halogens is 5. The number of rotatable bonds is 3. The summed E-state index contributed by atoms with van der Waals surface area (Å²) in [6.07, 6.45) is 0. The zero-order chi connectivity index (χ0) is 14.0. The Hall–Kier alpha value is -1.20. The van der Waals surface area contributed by atoms with Crippen LogP contribution in [0.15, 0.2) is 34.8 Å². The van der Waals surface area contributed by atoms with E-state index in [9.17, 15) is 13.2 Å². The molecule has 6 heteroatoms. The highest BCUT2D eigenvalue weighted by molar-refractivity contribution is 9.10. The first kappa shape index (κ1) is 14.2. The Morgan fingerprint density at radius 3 is 2.21 bits per heavy atom. The molecule has 2 aromatic carbocycles. The summed E-state index contributed by atoms with van der Waals surface area (Å²) in [7, 11) is 0. The fourth-order valence-electron chi connectivity index (χ4n) is 1.61. The molecule has 0 aliphatic heterocycles. The van der Waals surface area contributed by atoms with Crippen molar-refractivity contribution in [3.8, 4) is 0 Å². The lowest BCUT2D eigenvalue weighted by molar-refractivity contribution is 0.586. The molecular formula is C13H8BrClF3N. The summed E-state index contributed by atoms with van der Waals surface area (Å²) >= 11 is 8.68. The third-order valence-electron chi connectivity index (χ3n) is 2.40. The second-order valence-electron chi connectivity index (χ2n) is 3.88. The van der Waals surface area contributed by atoms with Gasteiger partial charge in [-0.1, -0.05) is 27.5 Å². The van der Waals surface area contributed by atoms with Gasteiger partial charge < -0.3 is 5.32 Å². The van der Waals surface area contributed by atoms with Crippen molar-refractivity contribution in [3.05, 3.63) is 62.8 Å². The first-order valence-corrected chi connectivity index (χ1v) is 6.46. The molecule has 0 spiro atoms. The molecular weight excluding hydrogens is 343 g/mol. The van der Waals surface area contributed by atoms with E-state index in [2.05, 4.69) is 21.2 Å². The molecule has 1 N–H and O–H groups in total. The van der Waals surface area contributed by atoms with Crippen LogP contribution in [-0.2, 0) is 6.54 Å². The summed E-state index contributed by atoms with van der Waals surface area (Å²) in [5.74, 6) is -1.95. The van der Waals surface area contributed by atoms with Crippen LogP contribution in [0.4, 0.5) is 18.9 Å². The maximum Gasteiger partial charge on any atom is 0.150 e. The van der Waals surface area contributed by atoms with E-state index in [1.807, 2.05) is 0 Å². The van der Waals surface area contributed by atoms with Gasteiger partial charge in [-0.3, -0.25) is 0 Å². The first-order chi connectivity index (χ1) is 8.95. The van der Waals surface area contributed by atoms with Gasteiger partial charge in [0.05, 0.1) is 0 Å². The maximum absolute atomic E-state index is 13.5. The SMILES string of the molecule is Fc1cc(Cl)cc(CNc2c(F)cc(Br)cc2F)c1. The molecule has 0 fully saturated rings. The molecule has 0 atom stereocenters. The van der Waals surface area contributed by atoms with E-state index in [0.717, 1.165) is 18.2 Å². The molecule has 0 unspecified atom stereocenters. The number of hydrogen-bond acceptors (Lipinski definition) is 1. The maximum atomic E-state index is 13.5. The van der Waals surface area contributed by atoms with E-state index in [1.54, 1.807) is 0 Å². The van der Waals surface area contributed by atoms with E-state index in [0.29, 0.717) is 10.0 Å². The largest absolute Gasteiger partial charge is 0.376 e. The molecule has 2 aromatic rings. The summed E-state index contributed by atoms with van der Waals surface area (Å²) in [5.41, 5.74) is 0.232. The summed E-state index contributed by atoms with van der Waals surface area (Å²) in [6, 6.07) is 6.21. The molecule has 0 bridgehead atoms. The molecule has 0 aliphatic carbocycles. The third-order valence-corrected chi connectivity index (χ3v) is 3.07. The van der Waals surface area contributed by atoms with Gasteiger partial charge in [0.2, 0.25) is 0 Å². The molecule has 2 rings (SSSR count). The summed E-state index contributed by atoms with van der Waals surface area (Å²) in [6.45, 7) is 0.0625. The smallest absolute Gasteiger partial charge is 0.150 e. The third kappa shape index (κ3) is 3.64. The van der Waals surface area contributed by atoms with Gasteiger partial charge in [0.15, 0.2) is 0 Å². The van der Waals surface area contributed by atoms with Crippen LogP contribution in [0.1, 0.15) is 5.56 Å². The minimum absolute atomic E-state index is 0.0625. The van der Waals surface area contributed by atoms with Crippen molar-refractivity contribution >= 4 is 33.2 Å². The number of hydrogen-bond donors (Lipinski definition) is 1. The Kier molecular flexibility index (Phi) is 4.37. The number of nitrogens with one attached hydrogen (secondary N) is 1. The van der Waals surface area contributed by atoms with E-state index in [4.69, 9.17) is 11.6 Å². The number of benzene rings is 2. The average molecular weight is 351 g/mol. The van der Waals surface area contributed by atoms with E-state index < -0.39 is 17.5 Å². The Balaban J connectivity index is 2.19. The average Bonchev–Trinajstić information content (AvgIpc) is 2.25. The van der Waals surface area contributed by atoms with Crippen LogP contribution < -0.4 is 5.32 Å². The van der Waals surface area contributed by atoms with Crippen LogP contribution in [0, 0.1) is 17.5 Å². The quantitative estimate of drug-likeness (QED) is 0.809. The molecule has 0 aliphatic rings. The van der Waals surface area contributed by atoms with Crippen molar-refractivity contribution in [2.75, 3.05) is 5.32 Å². The monoisotopic (exact) mass is 349 g/mol. The fourth-order valence-corrected chi connectivity index (χ4v) is 2.26. The van der Waals surface area contributed by atoms with Crippen molar-refractivity contribution in [1.29, 1.82) is 0 Å². The molecule has 0 heterocycles. The van der Waals surface area contributed by atoms with Crippen molar-refractivity contribution in [2.24, 2.45) is 0 Å². The van der Waals surface area contributed by atoms with Gasteiger partial charge in [0.25, 0.3) is 0 Å². The van der Waals surface area contributed by atoms with Crippen molar-refractivity contribution < 1.29 is 13.2 Å². The zero-order valence-electron chi connectivity index (χ0n) is 9.48. The lowest BCUT2D eigenvalue weighted by Crippen LogP contribution is -2.04. The van der Waals surface area contributed by atoms with E-state index in [-0.39, 0.29) is 17.3 Å². The molecule has 19 heavy (non-hydrogen) atoms. The standard InChI is InChI=1S/C13H8BrClF3N/c14-8-3-11(17)13(12(18)4-8)19-6-7-1-9(15)5-10(16)2-7/h1-5,19H,6H2. The van der Waals surface area contributed by atoms with Crippen molar-refractivity contribution in [1.82, 2.24) is 0 Å². The lowest BCUT2D eigenvalue weighted by atomic mass is 10.2. The highest BCUT2D eigenvalue weighted by atomic mass is 79.9. The Morgan fingerprint density at radius 2 is 1.63 bits per heavy atom. The predicted molar refractivity (Wildman–Crippen MR) is 72.8 cm³/mol. The van der Waals surface area contributed by atoms with Crippen LogP contribution >= 0.6 is 27.5 Å². The van der Waals surface area contributed by atoms with Gasteiger partial charge in [-0.05, 0) is 35.9 Å². The second kappa shape index (κ2) is 5.84. The lowest BCUT2D eigenvalue weighted by Gasteiger charge is -2.09. The summed E-state index contributed by atoms with van der Waals surface area (Å²) in [4.78, 5) is 0. The highest BCUT2D eigenvalue weighted by Gasteiger charge is 2.10. The van der Waals surface area contributed by atoms with E-state index >= 15 is 0 Å². The van der Waals surface area contributed by atoms with Crippen molar-refractivity contribution in [3.63, 3.8) is 0 Å². The molecule has 1 nitrogen and oxygen atoms in total. The van der Waals surface area contributed by atoms with Gasteiger partial charge in [0, 0.05) is 16.0 Å². The second-order valence-corrected chi connectivity index (χ2v) is 5.23. The minimum Gasteiger partial charge on any atom is -0.376 e. The summed E-state index contributed by atoms with van der Waals surface area (Å²) in [5, 5.41) is 2.81. The van der Waals surface area contributed by atoms with Gasteiger partial charge >= 0.3 is 0 Å². The highest BCUT2D eigenvalue weighted by Crippen LogP contribution is 2.24. The molecule has 100 valence electrons. The van der Waals surface area contributed by atoms with Crippen LogP contribution in [0.25, 0.3) is 0 Å². The topological polar surface area (TPSA) is 12.0 Å². The van der Waals surface area contributed by atoms with E-state index in [1.165, 1.54) is 12.1 Å².